The van der Waals surface area contributed by atoms with Crippen molar-refractivity contribution in [2.45, 2.75) is 6.42 Å². The number of nitrogen functional groups attached to an aromatic ring is 1. The van der Waals surface area contributed by atoms with Gasteiger partial charge in [-0.2, -0.15) is 0 Å². The number of rotatable bonds is 5. The number of hydrogen-bond acceptors (Lipinski definition) is 4. The number of nitrogens with two attached hydrogens (primary N) is 1. The third kappa shape index (κ3) is 3.45. The van der Waals surface area contributed by atoms with Crippen molar-refractivity contribution in [3.63, 3.8) is 0 Å². The Kier molecular flexibility index (Phi) is 3.97. The van der Waals surface area contributed by atoms with Crippen molar-refractivity contribution >= 4 is 17.3 Å². The van der Waals surface area contributed by atoms with Crippen LogP contribution in [-0.4, -0.2) is 22.6 Å². The van der Waals surface area contributed by atoms with Crippen molar-refractivity contribution in [2.75, 3.05) is 17.6 Å². The molecule has 5 heteroatoms. The van der Waals surface area contributed by atoms with Crippen LogP contribution >= 0.6 is 0 Å². The zero-order chi connectivity index (χ0) is 13.7. The highest BCUT2D eigenvalue weighted by Gasteiger charge is 2.07. The number of carboxylic acid groups (broad SMARTS) is 1. The molecule has 0 saturated carbocycles. The van der Waals surface area contributed by atoms with Gasteiger partial charge in [0.05, 0.1) is 5.56 Å². The minimum atomic E-state index is -1.01. The molecule has 5 nitrogen and oxygen atoms in total. The topological polar surface area (TPSA) is 88.2 Å². The highest BCUT2D eigenvalue weighted by atomic mass is 16.4. The number of aromatic nitrogens is 1. The molecule has 0 atom stereocenters. The van der Waals surface area contributed by atoms with Crippen LogP contribution in [0.3, 0.4) is 0 Å². The van der Waals surface area contributed by atoms with Crippen LogP contribution in [0.1, 0.15) is 15.9 Å². The molecule has 1 aromatic heterocycles. The van der Waals surface area contributed by atoms with E-state index in [9.17, 15) is 4.79 Å². The van der Waals surface area contributed by atoms with Crippen molar-refractivity contribution in [3.05, 3.63) is 53.9 Å². The lowest BCUT2D eigenvalue weighted by Gasteiger charge is -2.08. The zero-order valence-corrected chi connectivity index (χ0v) is 10.3. The quantitative estimate of drug-likeness (QED) is 0.713. The van der Waals surface area contributed by atoms with Gasteiger partial charge in [0.2, 0.25) is 0 Å². The fraction of sp³-hybridized carbons (Fsp3) is 0.143. The monoisotopic (exact) mass is 257 g/mol. The molecule has 0 saturated heterocycles. The molecule has 0 bridgehead atoms. The lowest BCUT2D eigenvalue weighted by atomic mass is 10.1. The van der Waals surface area contributed by atoms with E-state index >= 15 is 0 Å². The van der Waals surface area contributed by atoms with E-state index in [2.05, 4.69) is 10.3 Å². The number of carbonyl (C=O) groups is 1. The number of pyridine rings is 1. The van der Waals surface area contributed by atoms with E-state index in [1.165, 1.54) is 6.07 Å². The average Bonchev–Trinajstić information content (AvgIpc) is 2.39. The van der Waals surface area contributed by atoms with Crippen LogP contribution in [0.5, 0.6) is 0 Å². The largest absolute Gasteiger partial charge is 0.478 e. The highest BCUT2D eigenvalue weighted by Crippen LogP contribution is 2.18. The van der Waals surface area contributed by atoms with Crippen molar-refractivity contribution in [1.29, 1.82) is 0 Å². The summed E-state index contributed by atoms with van der Waals surface area (Å²) in [6, 6.07) is 8.76. The lowest BCUT2D eigenvalue weighted by Crippen LogP contribution is -2.07. The van der Waals surface area contributed by atoms with E-state index in [-0.39, 0.29) is 11.3 Å². The summed E-state index contributed by atoms with van der Waals surface area (Å²) in [6.07, 6.45) is 4.40. The van der Waals surface area contributed by atoms with Gasteiger partial charge < -0.3 is 16.2 Å². The summed E-state index contributed by atoms with van der Waals surface area (Å²) in [5.41, 5.74) is 8.02. The van der Waals surface area contributed by atoms with Gasteiger partial charge in [-0.25, -0.2) is 4.79 Å². The van der Waals surface area contributed by atoms with Gasteiger partial charge in [0.15, 0.2) is 0 Å². The first kappa shape index (κ1) is 12.9. The molecule has 0 spiro atoms. The maximum absolute atomic E-state index is 10.8. The molecule has 0 unspecified atom stereocenters. The fourth-order valence-electron chi connectivity index (χ4n) is 1.76. The molecule has 0 aliphatic carbocycles. The van der Waals surface area contributed by atoms with Gasteiger partial charge in [0, 0.05) is 30.3 Å². The molecule has 0 radical (unpaired) electrons. The molecule has 1 aromatic carbocycles. The van der Waals surface area contributed by atoms with Crippen LogP contribution in [0.2, 0.25) is 0 Å². The summed E-state index contributed by atoms with van der Waals surface area (Å²) >= 11 is 0. The van der Waals surface area contributed by atoms with Crippen molar-refractivity contribution < 1.29 is 9.90 Å². The third-order valence-corrected chi connectivity index (χ3v) is 2.75. The van der Waals surface area contributed by atoms with E-state index < -0.39 is 5.97 Å². The standard InChI is InChI=1S/C14H15N3O2/c15-13-8-11(3-4-12(13)14(18)19)17-7-5-10-2-1-6-16-9-10/h1-4,6,8-9,17H,5,7,15H2,(H,18,19). The highest BCUT2D eigenvalue weighted by molar-refractivity contribution is 5.94. The summed E-state index contributed by atoms with van der Waals surface area (Å²) in [5, 5.41) is 12.1. The minimum absolute atomic E-state index is 0.123. The maximum Gasteiger partial charge on any atom is 0.337 e. The van der Waals surface area contributed by atoms with Crippen LogP contribution in [0.15, 0.2) is 42.7 Å². The van der Waals surface area contributed by atoms with Gasteiger partial charge >= 0.3 is 5.97 Å². The molecule has 19 heavy (non-hydrogen) atoms. The SMILES string of the molecule is Nc1cc(NCCc2cccnc2)ccc1C(=O)O. The Morgan fingerprint density at radius 2 is 2.21 bits per heavy atom. The van der Waals surface area contributed by atoms with Crippen molar-refractivity contribution in [1.82, 2.24) is 4.98 Å². The first-order chi connectivity index (χ1) is 9.16. The van der Waals surface area contributed by atoms with E-state index in [1.54, 1.807) is 18.3 Å². The molecule has 0 aliphatic heterocycles. The number of benzene rings is 1. The number of nitrogens with one attached hydrogen (secondary N) is 1. The van der Waals surface area contributed by atoms with Crippen LogP contribution in [-0.2, 0) is 6.42 Å². The molecule has 0 amide bonds. The normalized spacial score (nSPS) is 10.1. The maximum atomic E-state index is 10.8. The van der Waals surface area contributed by atoms with Crippen molar-refractivity contribution in [3.8, 4) is 0 Å². The van der Waals surface area contributed by atoms with E-state index in [4.69, 9.17) is 10.8 Å². The Balaban J connectivity index is 1.93. The van der Waals surface area contributed by atoms with Crippen LogP contribution < -0.4 is 11.1 Å². The summed E-state index contributed by atoms with van der Waals surface area (Å²) in [4.78, 5) is 14.9. The second-order valence-corrected chi connectivity index (χ2v) is 4.15. The zero-order valence-electron chi connectivity index (χ0n) is 10.3. The van der Waals surface area contributed by atoms with Crippen LogP contribution in [0.25, 0.3) is 0 Å². The van der Waals surface area contributed by atoms with Gasteiger partial charge in [0.1, 0.15) is 0 Å². The molecule has 1 heterocycles. The Bertz CT molecular complexity index is 570. The van der Waals surface area contributed by atoms with E-state index in [1.807, 2.05) is 18.3 Å². The smallest absolute Gasteiger partial charge is 0.337 e. The van der Waals surface area contributed by atoms with Crippen molar-refractivity contribution in [2.24, 2.45) is 0 Å². The van der Waals surface area contributed by atoms with Crippen LogP contribution in [0, 0.1) is 0 Å². The predicted molar refractivity (Wildman–Crippen MR) is 74.2 cm³/mol. The summed E-state index contributed by atoms with van der Waals surface area (Å²) in [6.45, 7) is 0.734. The second-order valence-electron chi connectivity index (χ2n) is 4.15. The second kappa shape index (κ2) is 5.86. The summed E-state index contributed by atoms with van der Waals surface area (Å²) < 4.78 is 0. The number of carboxylic acids is 1. The Morgan fingerprint density at radius 3 is 2.84 bits per heavy atom. The Hall–Kier alpha value is -2.56. The van der Waals surface area contributed by atoms with Crippen LogP contribution in [0.4, 0.5) is 11.4 Å². The van der Waals surface area contributed by atoms with Gasteiger partial charge in [0.25, 0.3) is 0 Å². The number of anilines is 2. The van der Waals surface area contributed by atoms with E-state index in [0.29, 0.717) is 0 Å². The summed E-state index contributed by atoms with van der Waals surface area (Å²) in [7, 11) is 0. The number of hydrogen-bond donors (Lipinski definition) is 3. The Labute approximate surface area is 111 Å². The number of aromatic carboxylic acids is 1. The first-order valence-corrected chi connectivity index (χ1v) is 5.92. The molecule has 0 aliphatic rings. The molecule has 4 N–H and O–H groups in total. The molecule has 2 rings (SSSR count). The molecule has 0 fully saturated rings. The molecule has 98 valence electrons. The fourth-order valence-corrected chi connectivity index (χ4v) is 1.76. The average molecular weight is 257 g/mol. The third-order valence-electron chi connectivity index (χ3n) is 2.75. The minimum Gasteiger partial charge on any atom is -0.478 e. The lowest BCUT2D eigenvalue weighted by molar-refractivity contribution is 0.0698. The first-order valence-electron chi connectivity index (χ1n) is 5.92. The van der Waals surface area contributed by atoms with Gasteiger partial charge in [-0.15, -0.1) is 0 Å². The Morgan fingerprint density at radius 1 is 1.37 bits per heavy atom. The van der Waals surface area contributed by atoms with E-state index in [0.717, 1.165) is 24.2 Å². The predicted octanol–water partition coefficient (Wildman–Crippen LogP) is 2.02. The van der Waals surface area contributed by atoms with Gasteiger partial charge in [-0.3, -0.25) is 4.98 Å². The molecule has 2 aromatic rings. The number of nitrogens with zero attached hydrogens (tertiary/aromatic N) is 1. The molecular weight excluding hydrogens is 242 g/mol. The van der Waals surface area contributed by atoms with Gasteiger partial charge in [-0.1, -0.05) is 6.07 Å². The molecular formula is C14H15N3O2. The summed E-state index contributed by atoms with van der Waals surface area (Å²) in [5.74, 6) is -1.01. The van der Waals surface area contributed by atoms with Gasteiger partial charge in [-0.05, 0) is 36.2 Å².